The number of hydrogen-bond donors (Lipinski definition) is 3. The van der Waals surface area contributed by atoms with Crippen molar-refractivity contribution in [2.45, 2.75) is 0 Å². The second-order valence-electron chi connectivity index (χ2n) is 4.81. The van der Waals surface area contributed by atoms with Gasteiger partial charge in [0.2, 0.25) is 11.8 Å². The number of imide groups is 2. The molecule has 0 aliphatic carbocycles. The standard InChI is InChI=1S/C15H15N5O4/c1-3-8-20-14(23)11(13(22)17-15(20)24)9(2)18-19-12(21)10-4-6-16-7-5-10/h3-7,11,18H,1-2,8H2,(H,19,21)(H,17,22,24)/t11-/m0/s1. The number of carbonyl (C=O) groups excluding carboxylic acids is 4. The molecule has 0 spiro atoms. The van der Waals surface area contributed by atoms with Crippen molar-refractivity contribution in [2.24, 2.45) is 5.92 Å². The van der Waals surface area contributed by atoms with E-state index in [1.165, 1.54) is 30.6 Å². The molecule has 0 unspecified atom stereocenters. The normalized spacial score (nSPS) is 17.1. The molecule has 1 aromatic heterocycles. The minimum absolute atomic E-state index is 0.0505. The van der Waals surface area contributed by atoms with Crippen LogP contribution >= 0.6 is 0 Å². The van der Waals surface area contributed by atoms with Crippen LogP contribution in [0.25, 0.3) is 0 Å². The number of hydrazine groups is 1. The summed E-state index contributed by atoms with van der Waals surface area (Å²) in [6.07, 6.45) is 4.24. The molecule has 0 aromatic carbocycles. The molecule has 24 heavy (non-hydrogen) atoms. The zero-order chi connectivity index (χ0) is 17.7. The molecule has 1 aliphatic rings. The molecule has 5 amide bonds. The Morgan fingerprint density at radius 2 is 1.96 bits per heavy atom. The first-order valence-electron chi connectivity index (χ1n) is 6.88. The number of nitrogens with zero attached hydrogens (tertiary/aromatic N) is 2. The summed E-state index contributed by atoms with van der Waals surface area (Å²) in [6, 6.07) is 2.15. The van der Waals surface area contributed by atoms with Crippen LogP contribution in [0, 0.1) is 5.92 Å². The lowest BCUT2D eigenvalue weighted by molar-refractivity contribution is -0.140. The van der Waals surface area contributed by atoms with Crippen LogP contribution in [0.1, 0.15) is 10.4 Å². The van der Waals surface area contributed by atoms with Crippen molar-refractivity contribution in [2.75, 3.05) is 6.54 Å². The highest BCUT2D eigenvalue weighted by atomic mass is 16.2. The fourth-order valence-electron chi connectivity index (χ4n) is 2.01. The number of urea groups is 1. The molecule has 0 bridgehead atoms. The van der Waals surface area contributed by atoms with Crippen molar-refractivity contribution in [1.29, 1.82) is 0 Å². The van der Waals surface area contributed by atoms with Crippen molar-refractivity contribution in [3.05, 3.63) is 55.0 Å². The third kappa shape index (κ3) is 3.46. The Bertz CT molecular complexity index is 716. The summed E-state index contributed by atoms with van der Waals surface area (Å²) in [5.74, 6) is -3.41. The number of barbiturate groups is 1. The molecule has 1 aliphatic heterocycles. The van der Waals surface area contributed by atoms with Gasteiger partial charge in [-0.15, -0.1) is 6.58 Å². The summed E-state index contributed by atoms with van der Waals surface area (Å²) in [7, 11) is 0. The Morgan fingerprint density at radius 1 is 1.29 bits per heavy atom. The molecule has 3 N–H and O–H groups in total. The third-order valence-electron chi connectivity index (χ3n) is 3.19. The van der Waals surface area contributed by atoms with E-state index < -0.39 is 29.7 Å². The number of nitrogens with one attached hydrogen (secondary N) is 3. The van der Waals surface area contributed by atoms with Gasteiger partial charge in [-0.05, 0) is 12.1 Å². The third-order valence-corrected chi connectivity index (χ3v) is 3.19. The quantitative estimate of drug-likeness (QED) is 0.375. The molecule has 124 valence electrons. The van der Waals surface area contributed by atoms with Crippen LogP contribution < -0.4 is 16.2 Å². The molecule has 9 heteroatoms. The molecule has 2 rings (SSSR count). The molecule has 1 atom stereocenters. The number of aromatic nitrogens is 1. The van der Waals surface area contributed by atoms with Crippen LogP contribution in [0.4, 0.5) is 4.79 Å². The number of pyridine rings is 1. The van der Waals surface area contributed by atoms with Gasteiger partial charge in [-0.3, -0.25) is 35.0 Å². The van der Waals surface area contributed by atoms with Crippen LogP contribution in [0.2, 0.25) is 0 Å². The highest BCUT2D eigenvalue weighted by molar-refractivity contribution is 6.17. The van der Waals surface area contributed by atoms with E-state index in [4.69, 9.17) is 0 Å². The lowest BCUT2D eigenvalue weighted by Gasteiger charge is -2.30. The first-order valence-corrected chi connectivity index (χ1v) is 6.88. The largest absolute Gasteiger partial charge is 0.331 e. The van der Waals surface area contributed by atoms with Crippen molar-refractivity contribution < 1.29 is 19.2 Å². The van der Waals surface area contributed by atoms with Gasteiger partial charge >= 0.3 is 6.03 Å². The van der Waals surface area contributed by atoms with E-state index in [2.05, 4.69) is 34.3 Å². The molecular weight excluding hydrogens is 314 g/mol. The highest BCUT2D eigenvalue weighted by Crippen LogP contribution is 2.15. The van der Waals surface area contributed by atoms with Crippen LogP contribution in [-0.4, -0.2) is 40.2 Å². The molecule has 9 nitrogen and oxygen atoms in total. The summed E-state index contributed by atoms with van der Waals surface area (Å²) in [4.78, 5) is 52.3. The van der Waals surface area contributed by atoms with Crippen LogP contribution in [0.15, 0.2) is 49.5 Å². The van der Waals surface area contributed by atoms with Crippen molar-refractivity contribution in [1.82, 2.24) is 26.1 Å². The van der Waals surface area contributed by atoms with Gasteiger partial charge in [-0.1, -0.05) is 12.7 Å². The molecule has 2 heterocycles. The minimum atomic E-state index is -1.35. The number of amides is 5. The summed E-state index contributed by atoms with van der Waals surface area (Å²) < 4.78 is 0. The van der Waals surface area contributed by atoms with E-state index >= 15 is 0 Å². The SMILES string of the molecule is C=CCN1C(=O)NC(=O)[C@H](C(=C)NNC(=O)c2ccncc2)C1=O. The summed E-state index contributed by atoms with van der Waals surface area (Å²) >= 11 is 0. The van der Waals surface area contributed by atoms with Crippen molar-refractivity contribution in [3.8, 4) is 0 Å². The van der Waals surface area contributed by atoms with Crippen LogP contribution in [0.3, 0.4) is 0 Å². The monoisotopic (exact) mass is 329 g/mol. The summed E-state index contributed by atoms with van der Waals surface area (Å²) in [5, 5.41) is 2.05. The van der Waals surface area contributed by atoms with Gasteiger partial charge < -0.3 is 5.43 Å². The van der Waals surface area contributed by atoms with E-state index in [1.54, 1.807) is 0 Å². The maximum Gasteiger partial charge on any atom is 0.331 e. The van der Waals surface area contributed by atoms with E-state index in [-0.39, 0.29) is 12.2 Å². The fourth-order valence-corrected chi connectivity index (χ4v) is 2.01. The molecule has 1 aromatic rings. The number of carbonyl (C=O) groups is 4. The second kappa shape index (κ2) is 7.18. The first kappa shape index (κ1) is 16.9. The first-order chi connectivity index (χ1) is 11.5. The zero-order valence-electron chi connectivity index (χ0n) is 12.6. The average Bonchev–Trinajstić information content (AvgIpc) is 2.57. The lowest BCUT2D eigenvalue weighted by Crippen LogP contribution is -2.59. The van der Waals surface area contributed by atoms with Crippen LogP contribution in [0.5, 0.6) is 0 Å². The van der Waals surface area contributed by atoms with E-state index in [9.17, 15) is 19.2 Å². The van der Waals surface area contributed by atoms with Gasteiger partial charge in [0.05, 0.1) is 0 Å². The van der Waals surface area contributed by atoms with Gasteiger partial charge in [0, 0.05) is 30.2 Å². The maximum atomic E-state index is 12.3. The predicted molar refractivity (Wildman–Crippen MR) is 82.9 cm³/mol. The van der Waals surface area contributed by atoms with Crippen LogP contribution in [-0.2, 0) is 9.59 Å². The average molecular weight is 329 g/mol. The Morgan fingerprint density at radius 3 is 2.58 bits per heavy atom. The van der Waals surface area contributed by atoms with E-state index in [1.807, 2.05) is 0 Å². The molecule has 0 saturated carbocycles. The lowest BCUT2D eigenvalue weighted by atomic mass is 10.0. The Kier molecular flexibility index (Phi) is 5.05. The van der Waals surface area contributed by atoms with Gasteiger partial charge in [-0.25, -0.2) is 4.79 Å². The molecule has 0 radical (unpaired) electrons. The molecule has 1 fully saturated rings. The Labute approximate surface area is 137 Å². The maximum absolute atomic E-state index is 12.3. The Hall–Kier alpha value is -3.49. The number of rotatable bonds is 6. The van der Waals surface area contributed by atoms with Gasteiger partial charge in [0.25, 0.3) is 5.91 Å². The van der Waals surface area contributed by atoms with Gasteiger partial charge in [0.1, 0.15) is 0 Å². The minimum Gasteiger partial charge on any atom is -0.302 e. The second-order valence-corrected chi connectivity index (χ2v) is 4.81. The van der Waals surface area contributed by atoms with Gasteiger partial charge in [-0.2, -0.15) is 0 Å². The van der Waals surface area contributed by atoms with Crippen molar-refractivity contribution in [3.63, 3.8) is 0 Å². The van der Waals surface area contributed by atoms with E-state index in [0.717, 1.165) is 4.90 Å². The van der Waals surface area contributed by atoms with Gasteiger partial charge in [0.15, 0.2) is 5.92 Å². The molecule has 1 saturated heterocycles. The summed E-state index contributed by atoms with van der Waals surface area (Å²) in [6.45, 7) is 6.98. The summed E-state index contributed by atoms with van der Waals surface area (Å²) in [5.41, 5.74) is 5.01. The number of hydrogen-bond acceptors (Lipinski definition) is 6. The fraction of sp³-hybridized carbons (Fsp3) is 0.133. The zero-order valence-corrected chi connectivity index (χ0v) is 12.6. The van der Waals surface area contributed by atoms with E-state index in [0.29, 0.717) is 5.56 Å². The van der Waals surface area contributed by atoms with Crippen molar-refractivity contribution >= 4 is 23.8 Å². The highest BCUT2D eigenvalue weighted by Gasteiger charge is 2.41. The Balaban J connectivity index is 2.04. The smallest absolute Gasteiger partial charge is 0.302 e. The molecular formula is C15H15N5O4. The topological polar surface area (TPSA) is 120 Å². The predicted octanol–water partition coefficient (Wildman–Crippen LogP) is -0.290.